The third-order valence-corrected chi connectivity index (χ3v) is 7.80. The van der Waals surface area contributed by atoms with E-state index in [4.69, 9.17) is 23.2 Å². The molecule has 5 nitrogen and oxygen atoms in total. The second-order valence-corrected chi connectivity index (χ2v) is 9.53. The summed E-state index contributed by atoms with van der Waals surface area (Å²) in [7, 11) is -3.11. The van der Waals surface area contributed by atoms with Gasteiger partial charge in [0, 0.05) is 11.7 Å². The fourth-order valence-electron chi connectivity index (χ4n) is 2.71. The molecule has 0 aliphatic carbocycles. The summed E-state index contributed by atoms with van der Waals surface area (Å²) in [6.45, 7) is 1.73. The van der Waals surface area contributed by atoms with Gasteiger partial charge in [-0.3, -0.25) is 4.79 Å². The van der Waals surface area contributed by atoms with Crippen molar-refractivity contribution in [3.05, 3.63) is 28.2 Å². The lowest BCUT2D eigenvalue weighted by molar-refractivity contribution is -0.117. The first kappa shape index (κ1) is 17.1. The van der Waals surface area contributed by atoms with E-state index in [9.17, 15) is 13.2 Å². The van der Waals surface area contributed by atoms with E-state index in [1.165, 1.54) is 11.8 Å². The molecule has 124 valence electrons. The Balaban J connectivity index is 2.09. The maximum atomic E-state index is 12.0. The molecule has 3 rings (SSSR count). The molecule has 2 unspecified atom stereocenters. The number of hydrogen-bond acceptors (Lipinski definition) is 4. The second-order valence-electron chi connectivity index (χ2n) is 5.39. The molecule has 9 heteroatoms. The van der Waals surface area contributed by atoms with Crippen LogP contribution >= 0.6 is 35.0 Å². The van der Waals surface area contributed by atoms with Crippen LogP contribution in [0.15, 0.2) is 23.2 Å². The highest BCUT2D eigenvalue weighted by atomic mass is 35.5. The third-order valence-electron chi connectivity index (χ3n) is 3.78. The Morgan fingerprint density at radius 3 is 2.83 bits per heavy atom. The summed E-state index contributed by atoms with van der Waals surface area (Å²) in [6.07, 6.45) is 0.287. The van der Waals surface area contributed by atoms with E-state index in [2.05, 4.69) is 4.99 Å². The molecule has 2 aliphatic rings. The number of carbonyl (C=O) groups excluding carboxylic acids is 1. The van der Waals surface area contributed by atoms with Crippen molar-refractivity contribution >= 4 is 61.6 Å². The van der Waals surface area contributed by atoms with Gasteiger partial charge in [0.2, 0.25) is 5.91 Å². The Hall–Kier alpha value is -0.760. The van der Waals surface area contributed by atoms with Gasteiger partial charge in [-0.25, -0.2) is 8.42 Å². The third kappa shape index (κ3) is 3.24. The number of amidine groups is 1. The Morgan fingerprint density at radius 1 is 1.39 bits per heavy atom. The van der Waals surface area contributed by atoms with Crippen LogP contribution in [0.5, 0.6) is 0 Å². The lowest BCUT2D eigenvalue weighted by Crippen LogP contribution is -2.37. The molecular formula is C14H14Cl2N2O3S2. The molecule has 2 aliphatic heterocycles. The van der Waals surface area contributed by atoms with Gasteiger partial charge in [-0.15, -0.1) is 0 Å². The molecule has 0 N–H and O–H groups in total. The van der Waals surface area contributed by atoms with Crippen LogP contribution in [-0.4, -0.2) is 42.3 Å². The number of rotatable bonds is 2. The molecule has 0 radical (unpaired) electrons. The summed E-state index contributed by atoms with van der Waals surface area (Å²) in [6, 6.07) is 4.87. The molecule has 2 atom stereocenters. The number of halogens is 2. The number of carbonyl (C=O) groups is 1. The van der Waals surface area contributed by atoms with E-state index in [-0.39, 0.29) is 35.1 Å². The molecule has 0 spiro atoms. The van der Waals surface area contributed by atoms with Gasteiger partial charge in [0.05, 0.1) is 33.3 Å². The molecule has 1 aromatic rings. The normalized spacial score (nSPS) is 27.4. The minimum absolute atomic E-state index is 0.0207. The number of hydrogen-bond donors (Lipinski definition) is 0. The summed E-state index contributed by atoms with van der Waals surface area (Å²) in [5, 5.41) is 1.04. The minimum atomic E-state index is -3.11. The lowest BCUT2D eigenvalue weighted by Gasteiger charge is -2.25. The molecular weight excluding hydrogens is 379 g/mol. The van der Waals surface area contributed by atoms with E-state index in [1.54, 1.807) is 30.0 Å². The molecule has 2 fully saturated rings. The van der Waals surface area contributed by atoms with E-state index >= 15 is 0 Å². The van der Waals surface area contributed by atoms with Gasteiger partial charge in [0.1, 0.15) is 0 Å². The van der Waals surface area contributed by atoms with Gasteiger partial charge in [-0.1, -0.05) is 48.0 Å². The van der Waals surface area contributed by atoms with Crippen LogP contribution in [0.25, 0.3) is 0 Å². The zero-order chi connectivity index (χ0) is 16.8. The van der Waals surface area contributed by atoms with Crippen LogP contribution < -0.4 is 4.90 Å². The quantitative estimate of drug-likeness (QED) is 0.773. The average Bonchev–Trinajstić information content (AvgIpc) is 2.93. The largest absolute Gasteiger partial charge is 0.314 e. The Morgan fingerprint density at radius 2 is 2.13 bits per heavy atom. The number of sulfone groups is 1. The molecule has 23 heavy (non-hydrogen) atoms. The van der Waals surface area contributed by atoms with Crippen molar-refractivity contribution in [3.63, 3.8) is 0 Å². The standard InChI is InChI=1S/C14H14Cl2N2O3S2/c1-2-12(19)17-14-18(9-5-3-4-8(15)13(9)16)10-6-23(20,21)7-11(10)22-14/h3-5,10-11H,2,6-7H2,1H3. The maximum absolute atomic E-state index is 12.0. The van der Waals surface area contributed by atoms with Crippen LogP contribution in [0.1, 0.15) is 13.3 Å². The Kier molecular flexibility index (Phi) is 4.66. The zero-order valence-electron chi connectivity index (χ0n) is 12.2. The summed E-state index contributed by atoms with van der Waals surface area (Å²) < 4.78 is 23.9. The molecule has 1 amide bonds. The fraction of sp³-hybridized carbons (Fsp3) is 0.429. The van der Waals surface area contributed by atoms with E-state index in [1.807, 2.05) is 0 Å². The van der Waals surface area contributed by atoms with Gasteiger partial charge in [-0.05, 0) is 12.1 Å². The van der Waals surface area contributed by atoms with Gasteiger partial charge in [0.15, 0.2) is 15.0 Å². The maximum Gasteiger partial charge on any atom is 0.247 e. The first-order chi connectivity index (χ1) is 10.8. The highest BCUT2D eigenvalue weighted by molar-refractivity contribution is 8.16. The highest BCUT2D eigenvalue weighted by Gasteiger charge is 2.49. The van der Waals surface area contributed by atoms with Crippen LogP contribution in [0, 0.1) is 0 Å². The molecule has 1 aromatic carbocycles. The van der Waals surface area contributed by atoms with Gasteiger partial charge < -0.3 is 4.90 Å². The van der Waals surface area contributed by atoms with E-state index in [0.717, 1.165) is 0 Å². The monoisotopic (exact) mass is 392 g/mol. The van der Waals surface area contributed by atoms with Crippen LogP contribution in [0.2, 0.25) is 10.0 Å². The number of amides is 1. The van der Waals surface area contributed by atoms with Gasteiger partial charge >= 0.3 is 0 Å². The van der Waals surface area contributed by atoms with Crippen molar-refractivity contribution in [1.29, 1.82) is 0 Å². The number of benzene rings is 1. The first-order valence-electron chi connectivity index (χ1n) is 7.04. The van der Waals surface area contributed by atoms with Crippen molar-refractivity contribution < 1.29 is 13.2 Å². The predicted molar refractivity (Wildman–Crippen MR) is 95.5 cm³/mol. The Labute approximate surface area is 149 Å². The van der Waals surface area contributed by atoms with Crippen LogP contribution in [-0.2, 0) is 14.6 Å². The Bertz CT molecular complexity index is 795. The van der Waals surface area contributed by atoms with Crippen molar-refractivity contribution in [3.8, 4) is 0 Å². The summed E-state index contributed by atoms with van der Waals surface area (Å²) >= 11 is 13.7. The van der Waals surface area contributed by atoms with Crippen molar-refractivity contribution in [2.45, 2.75) is 24.6 Å². The number of anilines is 1. The zero-order valence-corrected chi connectivity index (χ0v) is 15.3. The van der Waals surface area contributed by atoms with Crippen molar-refractivity contribution in [1.82, 2.24) is 0 Å². The SMILES string of the molecule is CCC(=O)N=C1SC2CS(=O)(=O)CC2N1c1cccc(Cl)c1Cl. The minimum Gasteiger partial charge on any atom is -0.314 e. The summed E-state index contributed by atoms with van der Waals surface area (Å²) in [4.78, 5) is 17.6. The number of thioether (sulfide) groups is 1. The van der Waals surface area contributed by atoms with Crippen LogP contribution in [0.4, 0.5) is 5.69 Å². The number of aliphatic imine (C=N–C) groups is 1. The molecule has 2 saturated heterocycles. The topological polar surface area (TPSA) is 66.8 Å². The highest BCUT2D eigenvalue weighted by Crippen LogP contribution is 2.44. The molecule has 0 saturated carbocycles. The summed E-state index contributed by atoms with van der Waals surface area (Å²) in [5.74, 6) is -0.151. The first-order valence-corrected chi connectivity index (χ1v) is 10.5. The van der Waals surface area contributed by atoms with Crippen molar-refractivity contribution in [2.75, 3.05) is 16.4 Å². The summed E-state index contributed by atoms with van der Waals surface area (Å²) in [5.41, 5.74) is 0.582. The molecule has 0 aromatic heterocycles. The predicted octanol–water partition coefficient (Wildman–Crippen LogP) is 3.00. The van der Waals surface area contributed by atoms with Crippen LogP contribution in [0.3, 0.4) is 0 Å². The number of nitrogens with zero attached hydrogens (tertiary/aromatic N) is 2. The molecule has 2 heterocycles. The lowest BCUT2D eigenvalue weighted by atomic mass is 10.2. The van der Waals surface area contributed by atoms with Crippen molar-refractivity contribution in [2.24, 2.45) is 4.99 Å². The van der Waals surface area contributed by atoms with E-state index in [0.29, 0.717) is 20.9 Å². The van der Waals surface area contributed by atoms with Gasteiger partial charge in [-0.2, -0.15) is 4.99 Å². The average molecular weight is 393 g/mol. The fourth-order valence-corrected chi connectivity index (χ4v) is 7.02. The smallest absolute Gasteiger partial charge is 0.247 e. The van der Waals surface area contributed by atoms with Gasteiger partial charge in [0.25, 0.3) is 0 Å². The number of fused-ring (bicyclic) bond motifs is 1. The van der Waals surface area contributed by atoms with E-state index < -0.39 is 9.84 Å². The molecule has 0 bridgehead atoms. The second kappa shape index (κ2) is 6.27.